The van der Waals surface area contributed by atoms with Crippen molar-refractivity contribution in [2.24, 2.45) is 7.05 Å². The number of anilines is 1. The minimum Gasteiger partial charge on any atom is -0.503 e. The standard InChI is InChI=1S/C26H34N4O4.ClH/c1-18-16-23(31)25(32)24(30(18)2)26(33)29-14-9-7-5-4-6-8-13-27-21-12-15-28-22-17-19(34-3)10-11-20(21)22;/h10-12,15-17,32H,4-9,13-14H2,1-3H3,(H,27,28)(H,29,33);1H. The van der Waals surface area contributed by atoms with Gasteiger partial charge in [-0.3, -0.25) is 14.6 Å². The van der Waals surface area contributed by atoms with E-state index in [1.54, 1.807) is 21.1 Å². The molecule has 3 N–H and O–H groups in total. The van der Waals surface area contributed by atoms with Crippen LogP contribution in [0.5, 0.6) is 11.5 Å². The number of unbranched alkanes of at least 4 members (excludes halogenated alkanes) is 5. The molecule has 0 atom stereocenters. The maximum absolute atomic E-state index is 12.4. The number of benzene rings is 1. The van der Waals surface area contributed by atoms with Gasteiger partial charge >= 0.3 is 0 Å². The van der Waals surface area contributed by atoms with Gasteiger partial charge in [-0.2, -0.15) is 0 Å². The van der Waals surface area contributed by atoms with E-state index in [0.29, 0.717) is 12.2 Å². The molecule has 9 heteroatoms. The first-order valence-corrected chi connectivity index (χ1v) is 11.8. The quantitative estimate of drug-likeness (QED) is 0.313. The fourth-order valence-electron chi connectivity index (χ4n) is 3.94. The summed E-state index contributed by atoms with van der Waals surface area (Å²) in [6.45, 7) is 3.14. The van der Waals surface area contributed by atoms with Gasteiger partial charge < -0.3 is 25.0 Å². The maximum Gasteiger partial charge on any atom is 0.271 e. The second-order valence-corrected chi connectivity index (χ2v) is 8.45. The van der Waals surface area contributed by atoms with E-state index in [2.05, 4.69) is 15.6 Å². The lowest BCUT2D eigenvalue weighted by Crippen LogP contribution is -2.29. The molecule has 3 aromatic rings. The number of aromatic hydroxyl groups is 1. The Morgan fingerprint density at radius 2 is 1.74 bits per heavy atom. The summed E-state index contributed by atoms with van der Waals surface area (Å²) in [7, 11) is 3.31. The Bertz CT molecular complexity index is 1200. The number of aryl methyl sites for hydroxylation is 1. The summed E-state index contributed by atoms with van der Waals surface area (Å²) in [6, 6.07) is 9.23. The number of fused-ring (bicyclic) bond motifs is 1. The zero-order valence-electron chi connectivity index (χ0n) is 20.6. The SMILES string of the molecule is COc1ccc2c(NCCCCCCCCNC(=O)c3c(O)c(=O)cc(C)n3C)ccnc2c1.Cl. The molecule has 0 spiro atoms. The molecule has 2 aromatic heterocycles. The van der Waals surface area contributed by atoms with E-state index in [9.17, 15) is 14.7 Å². The van der Waals surface area contributed by atoms with Crippen molar-refractivity contribution in [3.05, 3.63) is 58.1 Å². The summed E-state index contributed by atoms with van der Waals surface area (Å²) < 4.78 is 6.80. The van der Waals surface area contributed by atoms with Crippen molar-refractivity contribution in [2.45, 2.75) is 45.4 Å². The van der Waals surface area contributed by atoms with Crippen molar-refractivity contribution in [2.75, 3.05) is 25.5 Å². The van der Waals surface area contributed by atoms with Gasteiger partial charge in [-0.25, -0.2) is 0 Å². The Morgan fingerprint density at radius 1 is 1.06 bits per heavy atom. The average Bonchev–Trinajstić information content (AvgIpc) is 2.83. The molecular formula is C26H35ClN4O4. The van der Waals surface area contributed by atoms with Gasteiger partial charge in [0.1, 0.15) is 5.75 Å². The molecule has 3 rings (SSSR count). The summed E-state index contributed by atoms with van der Waals surface area (Å²) in [5, 5.41) is 17.4. The Hall–Kier alpha value is -3.26. The smallest absolute Gasteiger partial charge is 0.271 e. The Kier molecular flexibility index (Phi) is 10.9. The van der Waals surface area contributed by atoms with Crippen LogP contribution in [0.2, 0.25) is 0 Å². The Balaban J connectivity index is 0.00000432. The topological polar surface area (TPSA) is 105 Å². The third-order valence-corrected chi connectivity index (χ3v) is 6.03. The molecule has 1 amide bonds. The van der Waals surface area contributed by atoms with E-state index >= 15 is 0 Å². The number of hydrogen-bond acceptors (Lipinski definition) is 6. The first kappa shape index (κ1) is 28.0. The van der Waals surface area contributed by atoms with Crippen molar-refractivity contribution < 1.29 is 14.6 Å². The van der Waals surface area contributed by atoms with Gasteiger partial charge in [-0.05, 0) is 38.0 Å². The number of amides is 1. The first-order chi connectivity index (χ1) is 16.4. The number of hydrogen-bond donors (Lipinski definition) is 3. The van der Waals surface area contributed by atoms with Gasteiger partial charge in [-0.1, -0.05) is 25.7 Å². The van der Waals surface area contributed by atoms with Crippen LogP contribution in [0.25, 0.3) is 10.9 Å². The summed E-state index contributed by atoms with van der Waals surface area (Å²) in [5.74, 6) is -0.122. The minimum atomic E-state index is -0.535. The molecule has 0 saturated heterocycles. The molecule has 8 nitrogen and oxygen atoms in total. The van der Waals surface area contributed by atoms with Crippen molar-refractivity contribution in [3.63, 3.8) is 0 Å². The first-order valence-electron chi connectivity index (χ1n) is 11.8. The third kappa shape index (κ3) is 7.36. The fraction of sp³-hybridized carbons (Fsp3) is 0.423. The monoisotopic (exact) mass is 502 g/mol. The molecule has 0 aliphatic heterocycles. The second-order valence-electron chi connectivity index (χ2n) is 8.45. The highest BCUT2D eigenvalue weighted by atomic mass is 35.5. The van der Waals surface area contributed by atoms with Crippen molar-refractivity contribution in [1.82, 2.24) is 14.9 Å². The van der Waals surface area contributed by atoms with Crippen LogP contribution in [0.1, 0.15) is 54.7 Å². The lowest BCUT2D eigenvalue weighted by molar-refractivity contribution is 0.0940. The van der Waals surface area contributed by atoms with E-state index in [1.165, 1.54) is 10.6 Å². The average molecular weight is 503 g/mol. The number of methoxy groups -OCH3 is 1. The van der Waals surface area contributed by atoms with Gasteiger partial charge in [-0.15, -0.1) is 12.4 Å². The number of nitrogens with one attached hydrogen (secondary N) is 2. The molecule has 0 radical (unpaired) electrons. The summed E-state index contributed by atoms with van der Waals surface area (Å²) in [6.07, 6.45) is 8.13. The maximum atomic E-state index is 12.4. The molecule has 35 heavy (non-hydrogen) atoms. The largest absolute Gasteiger partial charge is 0.503 e. The summed E-state index contributed by atoms with van der Waals surface area (Å²) in [4.78, 5) is 28.5. The van der Waals surface area contributed by atoms with Gasteiger partial charge in [0.25, 0.3) is 5.91 Å². The molecule has 0 saturated carbocycles. The van der Waals surface area contributed by atoms with Gasteiger partial charge in [0, 0.05) is 55.2 Å². The number of halogens is 1. The number of aromatic nitrogens is 2. The van der Waals surface area contributed by atoms with Crippen LogP contribution in [0, 0.1) is 6.92 Å². The second kappa shape index (κ2) is 13.6. The molecule has 0 aliphatic rings. The number of ether oxygens (including phenoxy) is 1. The normalized spacial score (nSPS) is 10.6. The number of rotatable bonds is 12. The van der Waals surface area contributed by atoms with Crippen molar-refractivity contribution >= 4 is 34.9 Å². The van der Waals surface area contributed by atoms with Crippen molar-refractivity contribution in [3.8, 4) is 11.5 Å². The van der Waals surface area contributed by atoms with E-state index in [-0.39, 0.29) is 18.1 Å². The molecular weight excluding hydrogens is 468 g/mol. The Labute approximate surface area is 212 Å². The lowest BCUT2D eigenvalue weighted by Gasteiger charge is -2.13. The zero-order valence-corrected chi connectivity index (χ0v) is 21.4. The molecule has 0 bridgehead atoms. The number of nitrogens with zero attached hydrogens (tertiary/aromatic N) is 2. The Morgan fingerprint density at radius 3 is 2.46 bits per heavy atom. The van der Waals surface area contributed by atoms with Crippen LogP contribution < -0.4 is 20.8 Å². The third-order valence-electron chi connectivity index (χ3n) is 6.03. The summed E-state index contributed by atoms with van der Waals surface area (Å²) >= 11 is 0. The highest BCUT2D eigenvalue weighted by molar-refractivity contribution is 5.95. The zero-order chi connectivity index (χ0) is 24.5. The van der Waals surface area contributed by atoms with Gasteiger partial charge in [0.15, 0.2) is 11.4 Å². The molecule has 0 aliphatic carbocycles. The number of pyridine rings is 2. The van der Waals surface area contributed by atoms with Gasteiger partial charge in [0.05, 0.1) is 12.6 Å². The highest BCUT2D eigenvalue weighted by Crippen LogP contribution is 2.25. The lowest BCUT2D eigenvalue weighted by atomic mass is 10.1. The fourth-order valence-corrected chi connectivity index (χ4v) is 3.94. The van der Waals surface area contributed by atoms with E-state index in [4.69, 9.17) is 4.74 Å². The van der Waals surface area contributed by atoms with Gasteiger partial charge in [0.2, 0.25) is 5.43 Å². The van der Waals surface area contributed by atoms with Crippen LogP contribution in [0.3, 0.4) is 0 Å². The number of carbonyl (C=O) groups is 1. The van der Waals surface area contributed by atoms with Crippen LogP contribution in [-0.4, -0.2) is 40.8 Å². The predicted octanol–water partition coefficient (Wildman–Crippen LogP) is 4.56. The van der Waals surface area contributed by atoms with E-state index in [1.807, 2.05) is 30.5 Å². The molecule has 1 aromatic carbocycles. The van der Waals surface area contributed by atoms with E-state index < -0.39 is 17.1 Å². The van der Waals surface area contributed by atoms with E-state index in [0.717, 1.165) is 67.4 Å². The molecule has 190 valence electrons. The molecule has 0 unspecified atom stereocenters. The predicted molar refractivity (Wildman–Crippen MR) is 142 cm³/mol. The minimum absolute atomic E-state index is 0. The van der Waals surface area contributed by atoms with Crippen LogP contribution in [0.4, 0.5) is 5.69 Å². The number of carbonyl (C=O) groups excluding carboxylic acids is 1. The van der Waals surface area contributed by atoms with Crippen molar-refractivity contribution in [1.29, 1.82) is 0 Å². The highest BCUT2D eigenvalue weighted by Gasteiger charge is 2.17. The molecule has 2 heterocycles. The summed E-state index contributed by atoms with van der Waals surface area (Å²) in [5.41, 5.74) is 2.10. The van der Waals surface area contributed by atoms with Crippen LogP contribution in [-0.2, 0) is 7.05 Å². The molecule has 0 fully saturated rings. The van der Waals surface area contributed by atoms with Crippen LogP contribution in [0.15, 0.2) is 41.3 Å². The van der Waals surface area contributed by atoms with Crippen LogP contribution >= 0.6 is 12.4 Å².